The number of carbonyl (C=O) groups is 3. The first-order valence-electron chi connectivity index (χ1n) is 7.91. The fourth-order valence-electron chi connectivity index (χ4n) is 3.00. The average molecular weight is 340 g/mol. The Morgan fingerprint density at radius 1 is 1.12 bits per heavy atom. The highest BCUT2D eigenvalue weighted by Gasteiger charge is 2.39. The van der Waals surface area contributed by atoms with E-state index in [0.29, 0.717) is 17.7 Å². The summed E-state index contributed by atoms with van der Waals surface area (Å²) in [6.07, 6.45) is 1.97. The first kappa shape index (κ1) is 15.1. The molecule has 5 nitrogen and oxygen atoms in total. The van der Waals surface area contributed by atoms with E-state index in [0.717, 1.165) is 23.3 Å². The van der Waals surface area contributed by atoms with Crippen LogP contribution in [0.25, 0.3) is 0 Å². The van der Waals surface area contributed by atoms with E-state index >= 15 is 0 Å². The lowest BCUT2D eigenvalue weighted by molar-refractivity contribution is -0.132. The summed E-state index contributed by atoms with van der Waals surface area (Å²) in [6.45, 7) is 0.350. The van der Waals surface area contributed by atoms with E-state index < -0.39 is 0 Å². The maximum absolute atomic E-state index is 12.7. The molecule has 1 aromatic heterocycles. The Morgan fingerprint density at radius 3 is 2.33 bits per heavy atom. The van der Waals surface area contributed by atoms with Gasteiger partial charge in [0.15, 0.2) is 0 Å². The molecule has 6 heteroatoms. The number of hydrogen-bond donors (Lipinski definition) is 0. The first-order chi connectivity index (χ1) is 11.6. The molecule has 1 fully saturated rings. The van der Waals surface area contributed by atoms with Crippen LogP contribution >= 0.6 is 11.3 Å². The number of hydrogen-bond acceptors (Lipinski definition) is 4. The van der Waals surface area contributed by atoms with Gasteiger partial charge in [-0.05, 0) is 47.4 Å². The molecule has 3 amide bonds. The number of amides is 3. The van der Waals surface area contributed by atoms with Gasteiger partial charge >= 0.3 is 0 Å². The molecular weight excluding hydrogens is 324 g/mol. The van der Waals surface area contributed by atoms with Crippen LogP contribution in [0.5, 0.6) is 0 Å². The predicted octanol–water partition coefficient (Wildman–Crippen LogP) is 2.54. The molecule has 2 aromatic rings. The molecule has 0 atom stereocenters. The van der Waals surface area contributed by atoms with Crippen LogP contribution in [-0.2, 0) is 11.3 Å². The zero-order chi connectivity index (χ0) is 16.7. The van der Waals surface area contributed by atoms with Crippen molar-refractivity contribution in [3.63, 3.8) is 0 Å². The number of imide groups is 1. The van der Waals surface area contributed by atoms with Crippen LogP contribution < -0.4 is 0 Å². The minimum atomic E-state index is -0.379. The molecule has 1 aliphatic heterocycles. The molecule has 0 unspecified atom stereocenters. The lowest BCUT2D eigenvalue weighted by Crippen LogP contribution is -2.43. The predicted molar refractivity (Wildman–Crippen MR) is 89.7 cm³/mol. The average Bonchev–Trinajstić information content (AvgIpc) is 3.25. The van der Waals surface area contributed by atoms with Gasteiger partial charge in [0.05, 0.1) is 11.1 Å². The fraction of sp³-hybridized carbons (Fsp3) is 0.278. The molecule has 0 radical (unpaired) electrons. The molecule has 2 heterocycles. The monoisotopic (exact) mass is 340 g/mol. The van der Waals surface area contributed by atoms with Crippen molar-refractivity contribution in [2.45, 2.75) is 25.4 Å². The SMILES string of the molecule is O=C1c2ccccc2C(=O)N1CC(=O)N(Cc1ccsc1)C1CC1. The summed E-state index contributed by atoms with van der Waals surface area (Å²) in [5.41, 5.74) is 1.85. The largest absolute Gasteiger partial charge is 0.334 e. The van der Waals surface area contributed by atoms with Crippen LogP contribution in [0, 0.1) is 0 Å². The summed E-state index contributed by atoms with van der Waals surface area (Å²) in [4.78, 5) is 40.4. The van der Waals surface area contributed by atoms with Gasteiger partial charge in [-0.3, -0.25) is 19.3 Å². The number of carbonyl (C=O) groups excluding carboxylic acids is 3. The van der Waals surface area contributed by atoms with Gasteiger partial charge in [0.1, 0.15) is 6.54 Å². The van der Waals surface area contributed by atoms with Gasteiger partial charge in [-0.15, -0.1) is 0 Å². The highest BCUT2D eigenvalue weighted by molar-refractivity contribution is 7.07. The smallest absolute Gasteiger partial charge is 0.262 e. The number of rotatable bonds is 5. The van der Waals surface area contributed by atoms with E-state index in [1.165, 1.54) is 0 Å². The van der Waals surface area contributed by atoms with Crippen LogP contribution in [0.1, 0.15) is 39.1 Å². The van der Waals surface area contributed by atoms with Crippen molar-refractivity contribution >= 4 is 29.1 Å². The third-order valence-electron chi connectivity index (χ3n) is 4.41. The molecule has 0 N–H and O–H groups in total. The Balaban J connectivity index is 1.51. The minimum absolute atomic E-state index is 0.168. The molecule has 0 bridgehead atoms. The summed E-state index contributed by atoms with van der Waals surface area (Å²) < 4.78 is 0. The molecule has 0 saturated heterocycles. The fourth-order valence-corrected chi connectivity index (χ4v) is 3.66. The number of benzene rings is 1. The second-order valence-electron chi connectivity index (χ2n) is 6.13. The van der Waals surface area contributed by atoms with Gasteiger partial charge in [0, 0.05) is 12.6 Å². The van der Waals surface area contributed by atoms with Gasteiger partial charge in [-0.25, -0.2) is 0 Å². The molecule has 1 saturated carbocycles. The van der Waals surface area contributed by atoms with Crippen molar-refractivity contribution in [2.75, 3.05) is 6.54 Å². The standard InChI is InChI=1S/C18H16N2O3S/c21-16(19(13-5-6-13)9-12-7-8-24-11-12)10-20-17(22)14-3-1-2-4-15(14)18(20)23/h1-4,7-8,11,13H,5-6,9-10H2. The number of nitrogens with zero attached hydrogens (tertiary/aromatic N) is 2. The zero-order valence-corrected chi connectivity index (χ0v) is 13.8. The summed E-state index contributed by atoms with van der Waals surface area (Å²) in [5.74, 6) is -0.927. The highest BCUT2D eigenvalue weighted by atomic mass is 32.1. The van der Waals surface area contributed by atoms with Crippen molar-refractivity contribution in [2.24, 2.45) is 0 Å². The topological polar surface area (TPSA) is 57.7 Å². The van der Waals surface area contributed by atoms with Gasteiger partial charge in [0.2, 0.25) is 5.91 Å². The Kier molecular flexibility index (Phi) is 3.69. The molecule has 24 heavy (non-hydrogen) atoms. The molecule has 0 spiro atoms. The van der Waals surface area contributed by atoms with Crippen LogP contribution in [0.2, 0.25) is 0 Å². The van der Waals surface area contributed by atoms with E-state index in [1.807, 2.05) is 16.8 Å². The van der Waals surface area contributed by atoms with E-state index in [-0.39, 0.29) is 30.3 Å². The van der Waals surface area contributed by atoms with Crippen LogP contribution in [0.4, 0.5) is 0 Å². The normalized spacial score (nSPS) is 16.4. The maximum atomic E-state index is 12.7. The molecular formula is C18H16N2O3S. The second kappa shape index (κ2) is 5.87. The van der Waals surface area contributed by atoms with E-state index in [4.69, 9.17) is 0 Å². The Labute approximate surface area is 143 Å². The third kappa shape index (κ3) is 2.63. The summed E-state index contributed by atoms with van der Waals surface area (Å²) in [7, 11) is 0. The van der Waals surface area contributed by atoms with Crippen molar-refractivity contribution in [3.05, 3.63) is 57.8 Å². The van der Waals surface area contributed by atoms with Crippen molar-refractivity contribution in [3.8, 4) is 0 Å². The number of thiophene rings is 1. The third-order valence-corrected chi connectivity index (χ3v) is 5.14. The van der Waals surface area contributed by atoms with Gasteiger partial charge in [0.25, 0.3) is 11.8 Å². The molecule has 122 valence electrons. The van der Waals surface area contributed by atoms with Crippen LogP contribution in [-0.4, -0.2) is 40.1 Å². The Hall–Kier alpha value is -2.47. The van der Waals surface area contributed by atoms with E-state index in [9.17, 15) is 14.4 Å². The Bertz CT molecular complexity index is 776. The summed E-state index contributed by atoms with van der Waals surface area (Å²) in [5, 5.41) is 4.00. The molecule has 2 aliphatic rings. The number of fused-ring (bicyclic) bond motifs is 1. The molecule has 1 aliphatic carbocycles. The van der Waals surface area contributed by atoms with Gasteiger partial charge < -0.3 is 4.90 Å². The Morgan fingerprint density at radius 2 is 1.79 bits per heavy atom. The first-order valence-corrected chi connectivity index (χ1v) is 8.85. The minimum Gasteiger partial charge on any atom is -0.334 e. The van der Waals surface area contributed by atoms with Crippen molar-refractivity contribution in [1.29, 1.82) is 0 Å². The lowest BCUT2D eigenvalue weighted by atomic mass is 10.1. The van der Waals surface area contributed by atoms with Gasteiger partial charge in [-0.1, -0.05) is 12.1 Å². The maximum Gasteiger partial charge on any atom is 0.262 e. The highest BCUT2D eigenvalue weighted by Crippen LogP contribution is 2.30. The van der Waals surface area contributed by atoms with Gasteiger partial charge in [-0.2, -0.15) is 11.3 Å². The quantitative estimate of drug-likeness (QED) is 0.786. The van der Waals surface area contributed by atoms with Crippen LogP contribution in [0.15, 0.2) is 41.1 Å². The molecule has 4 rings (SSSR count). The lowest BCUT2D eigenvalue weighted by Gasteiger charge is -2.24. The van der Waals surface area contributed by atoms with E-state index in [2.05, 4.69) is 0 Å². The van der Waals surface area contributed by atoms with Crippen molar-refractivity contribution in [1.82, 2.24) is 9.80 Å². The van der Waals surface area contributed by atoms with Crippen LogP contribution in [0.3, 0.4) is 0 Å². The second-order valence-corrected chi connectivity index (χ2v) is 6.91. The summed E-state index contributed by atoms with van der Waals surface area (Å²) in [6, 6.07) is 8.93. The summed E-state index contributed by atoms with van der Waals surface area (Å²) >= 11 is 1.59. The molecule has 1 aromatic carbocycles. The van der Waals surface area contributed by atoms with Crippen molar-refractivity contribution < 1.29 is 14.4 Å². The zero-order valence-electron chi connectivity index (χ0n) is 13.0. The van der Waals surface area contributed by atoms with E-state index in [1.54, 1.807) is 40.5 Å².